The summed E-state index contributed by atoms with van der Waals surface area (Å²) in [7, 11) is 0. The van der Waals surface area contributed by atoms with Crippen LogP contribution in [0, 0.1) is 17.9 Å². The number of aromatic nitrogens is 5. The summed E-state index contributed by atoms with van der Waals surface area (Å²) in [5.74, 6) is 0. The van der Waals surface area contributed by atoms with Gasteiger partial charge in [0, 0.05) is 43.3 Å². The minimum Gasteiger partial charge on any atom is -0.308 e. The third kappa shape index (κ3) is 3.93. The first-order chi connectivity index (χ1) is 27.7. The molecule has 1 aliphatic carbocycles. The van der Waals surface area contributed by atoms with Crippen molar-refractivity contribution in [1.82, 2.24) is 24.1 Å². The van der Waals surface area contributed by atoms with Crippen molar-refractivity contribution in [2.45, 2.75) is 15.2 Å². The summed E-state index contributed by atoms with van der Waals surface area (Å²) in [4.78, 5) is 21.3. The standard InChI is InChI=1S/C48H25N7S/c1-50-29-15-17-42-35(21-29)32-8-2-5-11-40(32)54(42)30-22-38-46(52-25-30)47-39(48(38)36-9-3-6-12-44(36)56-45-13-7-4-10-37(45)48)23-31(26-53-47)55-41-16-14-28(24-49)20-34(41)33-18-19-51-27-43(33)55/h2-23,25-27H. The van der Waals surface area contributed by atoms with E-state index in [1.165, 1.54) is 20.9 Å². The summed E-state index contributed by atoms with van der Waals surface area (Å²) < 4.78 is 4.49. The van der Waals surface area contributed by atoms with Crippen molar-refractivity contribution < 1.29 is 0 Å². The summed E-state index contributed by atoms with van der Waals surface area (Å²) in [5.41, 5.74) is 12.5. The summed E-state index contributed by atoms with van der Waals surface area (Å²) in [6, 6.07) is 46.6. The molecule has 1 aliphatic heterocycles. The summed E-state index contributed by atoms with van der Waals surface area (Å²) >= 11 is 1.80. The molecule has 0 amide bonds. The highest BCUT2D eigenvalue weighted by atomic mass is 32.2. The fourth-order valence-electron chi connectivity index (χ4n) is 9.35. The Morgan fingerprint density at radius 2 is 1.16 bits per heavy atom. The molecule has 8 heteroatoms. The highest BCUT2D eigenvalue weighted by Crippen LogP contribution is 2.62. The van der Waals surface area contributed by atoms with Gasteiger partial charge < -0.3 is 9.13 Å². The van der Waals surface area contributed by atoms with Gasteiger partial charge in [0.2, 0.25) is 0 Å². The zero-order chi connectivity index (χ0) is 37.1. The maximum Gasteiger partial charge on any atom is 0.188 e. The van der Waals surface area contributed by atoms with Crippen LogP contribution in [-0.2, 0) is 5.41 Å². The van der Waals surface area contributed by atoms with E-state index in [2.05, 4.69) is 116 Å². The summed E-state index contributed by atoms with van der Waals surface area (Å²) in [5, 5.41) is 13.9. The molecule has 5 aromatic heterocycles. The van der Waals surface area contributed by atoms with Crippen molar-refractivity contribution in [3.8, 4) is 28.8 Å². The lowest BCUT2D eigenvalue weighted by atomic mass is 9.67. The predicted octanol–water partition coefficient (Wildman–Crippen LogP) is 11.3. The average molecular weight is 732 g/mol. The predicted molar refractivity (Wildman–Crippen MR) is 221 cm³/mol. The van der Waals surface area contributed by atoms with Crippen LogP contribution < -0.4 is 0 Å². The first kappa shape index (κ1) is 30.9. The molecule has 6 heterocycles. The van der Waals surface area contributed by atoms with Crippen molar-refractivity contribution >= 4 is 61.1 Å². The molecular formula is C48H25N7S. The van der Waals surface area contributed by atoms with Crippen LogP contribution in [0.25, 0.3) is 71.2 Å². The van der Waals surface area contributed by atoms with E-state index in [-0.39, 0.29) is 0 Å². The number of benzene rings is 5. The van der Waals surface area contributed by atoms with Gasteiger partial charge in [0.15, 0.2) is 5.69 Å². The molecule has 0 saturated carbocycles. The Morgan fingerprint density at radius 1 is 0.571 bits per heavy atom. The number of pyridine rings is 3. The number of para-hydroxylation sites is 1. The molecule has 0 saturated heterocycles. The maximum absolute atomic E-state index is 9.79. The highest BCUT2D eigenvalue weighted by Gasteiger charge is 2.52. The van der Waals surface area contributed by atoms with E-state index in [0.29, 0.717) is 11.3 Å². The molecule has 258 valence electrons. The van der Waals surface area contributed by atoms with Crippen molar-refractivity contribution in [3.63, 3.8) is 0 Å². The fraction of sp³-hybridized carbons (Fsp3) is 0.0208. The zero-order valence-electron chi connectivity index (χ0n) is 29.5. The van der Waals surface area contributed by atoms with Crippen LogP contribution in [-0.4, -0.2) is 24.1 Å². The molecular weight excluding hydrogens is 707 g/mol. The van der Waals surface area contributed by atoms with Crippen LogP contribution in [0.1, 0.15) is 27.8 Å². The molecule has 56 heavy (non-hydrogen) atoms. The Hall–Kier alpha value is -7.52. The van der Waals surface area contributed by atoms with E-state index in [4.69, 9.17) is 16.5 Å². The van der Waals surface area contributed by atoms with Gasteiger partial charge in [-0.3, -0.25) is 15.0 Å². The molecule has 0 unspecified atom stereocenters. The van der Waals surface area contributed by atoms with Crippen LogP contribution in [0.4, 0.5) is 5.69 Å². The van der Waals surface area contributed by atoms with Crippen LogP contribution in [0.5, 0.6) is 0 Å². The molecule has 0 bridgehead atoms. The Kier molecular flexibility index (Phi) is 6.21. The molecule has 1 spiro atoms. The Balaban J connectivity index is 1.19. The van der Waals surface area contributed by atoms with E-state index < -0.39 is 5.41 Å². The lowest BCUT2D eigenvalue weighted by Crippen LogP contribution is -2.32. The van der Waals surface area contributed by atoms with Crippen molar-refractivity contribution in [2.24, 2.45) is 0 Å². The second kappa shape index (κ2) is 11.3. The molecule has 0 atom stereocenters. The van der Waals surface area contributed by atoms with Gasteiger partial charge in [0.05, 0.1) is 87.0 Å². The van der Waals surface area contributed by atoms with Gasteiger partial charge in [0.25, 0.3) is 0 Å². The molecule has 12 rings (SSSR count). The third-order valence-corrected chi connectivity index (χ3v) is 12.7. The minimum atomic E-state index is -0.740. The van der Waals surface area contributed by atoms with Crippen LogP contribution in [0.15, 0.2) is 162 Å². The van der Waals surface area contributed by atoms with Crippen LogP contribution in [0.3, 0.4) is 0 Å². The van der Waals surface area contributed by atoms with Gasteiger partial charge in [-0.05, 0) is 83.2 Å². The van der Waals surface area contributed by atoms with Crippen LogP contribution >= 0.6 is 11.8 Å². The van der Waals surface area contributed by atoms with E-state index >= 15 is 0 Å². The zero-order valence-corrected chi connectivity index (χ0v) is 30.3. The monoisotopic (exact) mass is 731 g/mol. The molecule has 0 N–H and O–H groups in total. The topological polar surface area (TPSA) is 76.7 Å². The average Bonchev–Trinajstić information content (AvgIpc) is 3.87. The normalized spacial score (nSPS) is 13.4. The Morgan fingerprint density at radius 3 is 1.86 bits per heavy atom. The highest BCUT2D eigenvalue weighted by molar-refractivity contribution is 7.99. The molecule has 0 fully saturated rings. The first-order valence-electron chi connectivity index (χ1n) is 18.3. The minimum absolute atomic E-state index is 0.611. The maximum atomic E-state index is 9.79. The number of hydrogen-bond donors (Lipinski definition) is 0. The van der Waals surface area contributed by atoms with Gasteiger partial charge in [-0.1, -0.05) is 72.4 Å². The van der Waals surface area contributed by atoms with Crippen molar-refractivity contribution in [2.75, 3.05) is 0 Å². The molecule has 2 aliphatic rings. The van der Waals surface area contributed by atoms with Gasteiger partial charge in [-0.15, -0.1) is 0 Å². The molecule has 0 radical (unpaired) electrons. The van der Waals surface area contributed by atoms with E-state index in [9.17, 15) is 5.26 Å². The van der Waals surface area contributed by atoms with Gasteiger partial charge in [-0.2, -0.15) is 5.26 Å². The van der Waals surface area contributed by atoms with Gasteiger partial charge in [-0.25, -0.2) is 4.85 Å². The van der Waals surface area contributed by atoms with Crippen LogP contribution in [0.2, 0.25) is 0 Å². The largest absolute Gasteiger partial charge is 0.308 e. The van der Waals surface area contributed by atoms with E-state index in [0.717, 1.165) is 77.5 Å². The lowest BCUT2D eigenvalue weighted by Gasteiger charge is -2.39. The number of nitrogens with zero attached hydrogens (tertiary/aromatic N) is 7. The van der Waals surface area contributed by atoms with E-state index in [1.807, 2.05) is 55.0 Å². The summed E-state index contributed by atoms with van der Waals surface area (Å²) in [6.45, 7) is 7.72. The SMILES string of the molecule is [C-]#[N+]c1ccc2c(c1)c1ccccc1n2-c1cnc2c(c1)C1(c3ccccc3Sc3ccccc31)c1cc(-n3c4ccc(C#N)cc4c4ccncc43)cnc1-2. The van der Waals surface area contributed by atoms with Crippen molar-refractivity contribution in [3.05, 3.63) is 191 Å². The number of nitriles is 1. The number of rotatable bonds is 2. The third-order valence-electron chi connectivity index (χ3n) is 11.6. The molecule has 5 aromatic carbocycles. The van der Waals surface area contributed by atoms with E-state index in [1.54, 1.807) is 18.0 Å². The van der Waals surface area contributed by atoms with Gasteiger partial charge in [0.1, 0.15) is 0 Å². The number of hydrogen-bond acceptors (Lipinski definition) is 5. The number of fused-ring (bicyclic) bond motifs is 15. The molecule has 7 nitrogen and oxygen atoms in total. The smallest absolute Gasteiger partial charge is 0.188 e. The fourth-order valence-corrected chi connectivity index (χ4v) is 10.5. The Bertz CT molecular complexity index is 3220. The van der Waals surface area contributed by atoms with Gasteiger partial charge >= 0.3 is 0 Å². The first-order valence-corrected chi connectivity index (χ1v) is 19.1. The Labute approximate surface area is 324 Å². The molecule has 10 aromatic rings. The lowest BCUT2D eigenvalue weighted by molar-refractivity contribution is 0.718. The quantitative estimate of drug-likeness (QED) is 0.165. The van der Waals surface area contributed by atoms with Crippen molar-refractivity contribution in [1.29, 1.82) is 5.26 Å². The second-order valence-electron chi connectivity index (χ2n) is 14.3. The second-order valence-corrected chi connectivity index (χ2v) is 15.3. The summed E-state index contributed by atoms with van der Waals surface area (Å²) in [6.07, 6.45) is 7.60.